The first-order valence-corrected chi connectivity index (χ1v) is 9.38. The van der Waals surface area contributed by atoms with Crippen LogP contribution in [0, 0.1) is 11.3 Å². The minimum absolute atomic E-state index is 0.423. The number of fused-ring (bicyclic) bond motifs is 1. The molecule has 0 bridgehead atoms. The van der Waals surface area contributed by atoms with Crippen LogP contribution in [0.1, 0.15) is 29.2 Å². The molecule has 1 aromatic heterocycles. The first kappa shape index (κ1) is 19.9. The molecule has 3 rings (SSSR count). The van der Waals surface area contributed by atoms with E-state index in [1.807, 2.05) is 36.5 Å². The average molecular weight is 396 g/mol. The molecular weight excluding hydrogens is 374 g/mol. The number of methoxy groups -OCH3 is 2. The van der Waals surface area contributed by atoms with Crippen molar-refractivity contribution in [2.45, 2.75) is 26.5 Å². The molecular formula is C22H22ClN3O2. The number of nitrogens with zero attached hydrogens (tertiary/aromatic N) is 2. The summed E-state index contributed by atoms with van der Waals surface area (Å²) in [6.07, 6.45) is 2.64. The molecule has 2 aromatic carbocycles. The van der Waals surface area contributed by atoms with Crippen molar-refractivity contribution in [3.63, 3.8) is 0 Å². The normalized spacial score (nSPS) is 10.7. The third kappa shape index (κ3) is 4.04. The maximum atomic E-state index is 9.43. The summed E-state index contributed by atoms with van der Waals surface area (Å²) in [6.45, 7) is 3.05. The summed E-state index contributed by atoms with van der Waals surface area (Å²) in [5.74, 6) is 0.645. The first-order chi connectivity index (χ1) is 13.6. The molecule has 144 valence electrons. The Balaban J connectivity index is 2.05. The number of ether oxygens (including phenoxy) is 2. The van der Waals surface area contributed by atoms with Gasteiger partial charge in [0.05, 0.1) is 41.6 Å². The second kappa shape index (κ2) is 8.92. The van der Waals surface area contributed by atoms with E-state index < -0.39 is 0 Å². The van der Waals surface area contributed by atoms with Crippen LogP contribution in [0.5, 0.6) is 5.75 Å². The number of anilines is 1. The van der Waals surface area contributed by atoms with Crippen molar-refractivity contribution in [1.82, 2.24) is 4.98 Å². The van der Waals surface area contributed by atoms with Gasteiger partial charge in [-0.3, -0.25) is 4.98 Å². The van der Waals surface area contributed by atoms with Gasteiger partial charge in [-0.15, -0.1) is 0 Å². The van der Waals surface area contributed by atoms with Gasteiger partial charge in [0.1, 0.15) is 5.75 Å². The van der Waals surface area contributed by atoms with Crippen molar-refractivity contribution in [3.05, 3.63) is 63.8 Å². The van der Waals surface area contributed by atoms with Gasteiger partial charge >= 0.3 is 0 Å². The van der Waals surface area contributed by atoms with Crippen LogP contribution in [0.4, 0.5) is 5.69 Å². The average Bonchev–Trinajstić information content (AvgIpc) is 2.72. The molecule has 0 atom stereocenters. The van der Waals surface area contributed by atoms with Gasteiger partial charge in [-0.1, -0.05) is 24.6 Å². The molecule has 0 radical (unpaired) electrons. The molecule has 0 aliphatic rings. The van der Waals surface area contributed by atoms with Crippen molar-refractivity contribution < 1.29 is 9.47 Å². The number of halogens is 1. The Morgan fingerprint density at radius 2 is 2.00 bits per heavy atom. The highest BCUT2D eigenvalue weighted by molar-refractivity contribution is 6.32. The summed E-state index contributed by atoms with van der Waals surface area (Å²) < 4.78 is 10.6. The summed E-state index contributed by atoms with van der Waals surface area (Å²) in [7, 11) is 3.25. The van der Waals surface area contributed by atoms with E-state index in [1.54, 1.807) is 14.2 Å². The number of aromatic nitrogens is 1. The van der Waals surface area contributed by atoms with E-state index in [4.69, 9.17) is 21.1 Å². The minimum atomic E-state index is 0.423. The molecule has 6 heteroatoms. The van der Waals surface area contributed by atoms with Crippen LogP contribution in [0.3, 0.4) is 0 Å². The second-order valence-corrected chi connectivity index (χ2v) is 6.82. The van der Waals surface area contributed by atoms with Crippen molar-refractivity contribution in [1.29, 1.82) is 5.26 Å². The lowest BCUT2D eigenvalue weighted by atomic mass is 10.0. The number of hydrogen-bond acceptors (Lipinski definition) is 5. The molecule has 1 N–H and O–H groups in total. The van der Waals surface area contributed by atoms with E-state index in [9.17, 15) is 5.26 Å². The zero-order valence-electron chi connectivity index (χ0n) is 16.2. The van der Waals surface area contributed by atoms with Crippen LogP contribution in [-0.2, 0) is 24.3 Å². The summed E-state index contributed by atoms with van der Waals surface area (Å²) in [6, 6.07) is 11.7. The smallest absolute Gasteiger partial charge is 0.137 e. The van der Waals surface area contributed by atoms with E-state index in [0.717, 1.165) is 39.7 Å². The molecule has 0 unspecified atom stereocenters. The van der Waals surface area contributed by atoms with Crippen LogP contribution in [0.15, 0.2) is 36.5 Å². The Labute approximate surface area is 169 Å². The first-order valence-electron chi connectivity index (χ1n) is 9.01. The zero-order valence-corrected chi connectivity index (χ0v) is 16.9. The fourth-order valence-corrected chi connectivity index (χ4v) is 3.52. The number of benzene rings is 2. The number of nitrogens with one attached hydrogen (secondary N) is 1. The molecule has 3 aromatic rings. The number of pyridine rings is 1. The molecule has 0 aliphatic heterocycles. The number of nitriles is 1. The summed E-state index contributed by atoms with van der Waals surface area (Å²) in [4.78, 5) is 4.63. The molecule has 1 heterocycles. The maximum Gasteiger partial charge on any atom is 0.137 e. The van der Waals surface area contributed by atoms with Crippen LogP contribution in [-0.4, -0.2) is 19.2 Å². The van der Waals surface area contributed by atoms with Crippen LogP contribution in [0.2, 0.25) is 5.02 Å². The highest BCUT2D eigenvalue weighted by atomic mass is 35.5. The van der Waals surface area contributed by atoms with Crippen molar-refractivity contribution in [3.8, 4) is 11.8 Å². The molecule has 0 spiro atoms. The maximum absolute atomic E-state index is 9.43. The van der Waals surface area contributed by atoms with Crippen LogP contribution < -0.4 is 10.1 Å². The summed E-state index contributed by atoms with van der Waals surface area (Å²) in [5.41, 5.74) is 5.45. The molecule has 0 aliphatic carbocycles. The molecule has 0 fully saturated rings. The SMILES string of the molecule is CCc1cc(C#N)cc2c(NCc3ccc(OC)c(Cl)c3)c(COC)cnc12. The second-order valence-electron chi connectivity index (χ2n) is 6.41. The summed E-state index contributed by atoms with van der Waals surface area (Å²) in [5, 5.41) is 14.4. The van der Waals surface area contributed by atoms with E-state index in [2.05, 4.69) is 23.3 Å². The Morgan fingerprint density at radius 3 is 2.64 bits per heavy atom. The highest BCUT2D eigenvalue weighted by Gasteiger charge is 2.13. The van der Waals surface area contributed by atoms with Gasteiger partial charge in [-0.05, 0) is 41.8 Å². The fourth-order valence-electron chi connectivity index (χ4n) is 3.24. The van der Waals surface area contributed by atoms with Gasteiger partial charge in [0.25, 0.3) is 0 Å². The van der Waals surface area contributed by atoms with Gasteiger partial charge in [-0.2, -0.15) is 5.26 Å². The monoisotopic (exact) mass is 395 g/mol. The van der Waals surface area contributed by atoms with Gasteiger partial charge < -0.3 is 14.8 Å². The van der Waals surface area contributed by atoms with Gasteiger partial charge in [0, 0.05) is 30.8 Å². The zero-order chi connectivity index (χ0) is 20.1. The lowest BCUT2D eigenvalue weighted by molar-refractivity contribution is 0.185. The summed E-state index contributed by atoms with van der Waals surface area (Å²) >= 11 is 6.25. The van der Waals surface area contributed by atoms with E-state index in [0.29, 0.717) is 29.5 Å². The predicted molar refractivity (Wildman–Crippen MR) is 112 cm³/mol. The largest absolute Gasteiger partial charge is 0.495 e. The topological polar surface area (TPSA) is 67.2 Å². The van der Waals surface area contributed by atoms with Crippen LogP contribution in [0.25, 0.3) is 10.9 Å². The lowest BCUT2D eigenvalue weighted by Gasteiger charge is -2.16. The Bertz CT molecular complexity index is 1040. The predicted octanol–water partition coefficient (Wildman–Crippen LogP) is 5.09. The lowest BCUT2D eigenvalue weighted by Crippen LogP contribution is -2.06. The fraction of sp³-hybridized carbons (Fsp3) is 0.273. The molecule has 28 heavy (non-hydrogen) atoms. The van der Waals surface area contributed by atoms with Gasteiger partial charge in [-0.25, -0.2) is 0 Å². The number of aryl methyl sites for hydroxylation is 1. The third-order valence-corrected chi connectivity index (χ3v) is 4.92. The molecule has 0 amide bonds. The molecule has 0 saturated heterocycles. The standard InChI is InChI=1S/C22H22ClN3O2/c1-4-16-7-15(10-24)8-18-21(16)26-12-17(13-27-2)22(18)25-11-14-5-6-20(28-3)19(23)9-14/h5-9,12H,4,11,13H2,1-3H3,(H,25,26). The Kier molecular flexibility index (Phi) is 6.35. The quantitative estimate of drug-likeness (QED) is 0.603. The minimum Gasteiger partial charge on any atom is -0.495 e. The number of rotatable bonds is 7. The van der Waals surface area contributed by atoms with Gasteiger partial charge in [0.2, 0.25) is 0 Å². The van der Waals surface area contributed by atoms with Crippen molar-refractivity contribution in [2.75, 3.05) is 19.5 Å². The van der Waals surface area contributed by atoms with Crippen LogP contribution >= 0.6 is 11.6 Å². The van der Waals surface area contributed by atoms with E-state index >= 15 is 0 Å². The van der Waals surface area contributed by atoms with E-state index in [1.165, 1.54) is 0 Å². The molecule has 0 saturated carbocycles. The van der Waals surface area contributed by atoms with Crippen molar-refractivity contribution >= 4 is 28.2 Å². The highest BCUT2D eigenvalue weighted by Crippen LogP contribution is 2.31. The number of hydrogen-bond donors (Lipinski definition) is 1. The molecule has 5 nitrogen and oxygen atoms in total. The van der Waals surface area contributed by atoms with Crippen molar-refractivity contribution in [2.24, 2.45) is 0 Å². The Hall–Kier alpha value is -2.81. The Morgan fingerprint density at radius 1 is 1.18 bits per heavy atom. The van der Waals surface area contributed by atoms with Gasteiger partial charge in [0.15, 0.2) is 0 Å². The van der Waals surface area contributed by atoms with E-state index in [-0.39, 0.29) is 0 Å². The third-order valence-electron chi connectivity index (χ3n) is 4.62.